The number of carboxylic acid groups (broad SMARTS) is 1. The molecule has 0 radical (unpaired) electrons. The molecule has 106 valence electrons. The SMILES string of the molecule is CCCCCN(c1cc(Br)cc(C(=O)O)c1)C(C)C. The van der Waals surface area contributed by atoms with Crippen molar-refractivity contribution in [2.75, 3.05) is 11.4 Å². The fraction of sp³-hybridized carbons (Fsp3) is 0.533. The van der Waals surface area contributed by atoms with Crippen LogP contribution in [0.2, 0.25) is 0 Å². The second-order valence-electron chi connectivity index (χ2n) is 5.00. The predicted molar refractivity (Wildman–Crippen MR) is 83.1 cm³/mol. The van der Waals surface area contributed by atoms with E-state index in [0.717, 1.165) is 23.1 Å². The summed E-state index contributed by atoms with van der Waals surface area (Å²) >= 11 is 3.39. The van der Waals surface area contributed by atoms with Gasteiger partial charge in [0.25, 0.3) is 0 Å². The second kappa shape index (κ2) is 7.53. The van der Waals surface area contributed by atoms with E-state index in [4.69, 9.17) is 5.11 Å². The number of aromatic carboxylic acids is 1. The standard InChI is InChI=1S/C15H22BrNO2/c1-4-5-6-7-17(11(2)3)14-9-12(15(18)19)8-13(16)10-14/h8-11H,4-7H2,1-3H3,(H,18,19). The third kappa shape index (κ3) is 4.86. The largest absolute Gasteiger partial charge is 0.478 e. The summed E-state index contributed by atoms with van der Waals surface area (Å²) < 4.78 is 0.809. The third-order valence-corrected chi connectivity index (χ3v) is 3.54. The van der Waals surface area contributed by atoms with Gasteiger partial charge < -0.3 is 10.0 Å². The number of carbonyl (C=O) groups is 1. The van der Waals surface area contributed by atoms with Crippen molar-refractivity contribution in [3.8, 4) is 0 Å². The van der Waals surface area contributed by atoms with Crippen LogP contribution in [0.15, 0.2) is 22.7 Å². The van der Waals surface area contributed by atoms with Crippen molar-refractivity contribution >= 4 is 27.6 Å². The molecule has 0 saturated heterocycles. The molecule has 0 unspecified atom stereocenters. The molecule has 1 aromatic rings. The van der Waals surface area contributed by atoms with Gasteiger partial charge in [-0.1, -0.05) is 35.7 Å². The zero-order valence-electron chi connectivity index (χ0n) is 11.8. The first-order chi connectivity index (χ1) is 8.95. The maximum Gasteiger partial charge on any atom is 0.335 e. The number of hydrogen-bond donors (Lipinski definition) is 1. The fourth-order valence-corrected chi connectivity index (χ4v) is 2.56. The van der Waals surface area contributed by atoms with E-state index in [-0.39, 0.29) is 0 Å². The number of halogens is 1. The molecule has 1 aromatic carbocycles. The van der Waals surface area contributed by atoms with Gasteiger partial charge in [0.1, 0.15) is 0 Å². The number of anilines is 1. The zero-order valence-corrected chi connectivity index (χ0v) is 13.4. The average molecular weight is 328 g/mol. The molecule has 0 heterocycles. The third-order valence-electron chi connectivity index (χ3n) is 3.09. The maximum absolute atomic E-state index is 11.1. The summed E-state index contributed by atoms with van der Waals surface area (Å²) in [5.74, 6) is -0.889. The molecule has 0 atom stereocenters. The van der Waals surface area contributed by atoms with Gasteiger partial charge in [-0.15, -0.1) is 0 Å². The molecular weight excluding hydrogens is 306 g/mol. The Kier molecular flexibility index (Phi) is 6.35. The van der Waals surface area contributed by atoms with E-state index in [1.165, 1.54) is 12.8 Å². The van der Waals surface area contributed by atoms with Gasteiger partial charge in [-0.3, -0.25) is 0 Å². The van der Waals surface area contributed by atoms with E-state index < -0.39 is 5.97 Å². The first kappa shape index (κ1) is 16.0. The average Bonchev–Trinajstić information content (AvgIpc) is 2.33. The van der Waals surface area contributed by atoms with Gasteiger partial charge in [0.15, 0.2) is 0 Å². The molecule has 0 bridgehead atoms. The van der Waals surface area contributed by atoms with E-state index in [0.29, 0.717) is 11.6 Å². The Morgan fingerprint density at radius 2 is 2.00 bits per heavy atom. The molecule has 4 heteroatoms. The lowest BCUT2D eigenvalue weighted by atomic mass is 10.1. The van der Waals surface area contributed by atoms with Crippen LogP contribution in [0.4, 0.5) is 5.69 Å². The lowest BCUT2D eigenvalue weighted by Crippen LogP contribution is -2.31. The minimum atomic E-state index is -0.889. The molecule has 0 fully saturated rings. The van der Waals surface area contributed by atoms with E-state index >= 15 is 0 Å². The van der Waals surface area contributed by atoms with Gasteiger partial charge in [0, 0.05) is 22.7 Å². The molecule has 0 aliphatic carbocycles. The molecule has 0 aromatic heterocycles. The molecule has 0 saturated carbocycles. The monoisotopic (exact) mass is 327 g/mol. The highest BCUT2D eigenvalue weighted by molar-refractivity contribution is 9.10. The highest BCUT2D eigenvalue weighted by atomic mass is 79.9. The van der Waals surface area contributed by atoms with Crippen LogP contribution >= 0.6 is 15.9 Å². The Bertz CT molecular complexity index is 432. The molecule has 1 rings (SSSR count). The molecule has 19 heavy (non-hydrogen) atoms. The Labute approximate surface area is 123 Å². The Morgan fingerprint density at radius 3 is 2.53 bits per heavy atom. The summed E-state index contributed by atoms with van der Waals surface area (Å²) in [6, 6.07) is 5.72. The first-order valence-corrected chi connectivity index (χ1v) is 7.55. The smallest absolute Gasteiger partial charge is 0.335 e. The van der Waals surface area contributed by atoms with E-state index in [2.05, 4.69) is 41.6 Å². The summed E-state index contributed by atoms with van der Waals surface area (Å²) in [4.78, 5) is 13.4. The van der Waals surface area contributed by atoms with Gasteiger partial charge >= 0.3 is 5.97 Å². The van der Waals surface area contributed by atoms with Crippen LogP contribution in [0.1, 0.15) is 50.4 Å². The normalized spacial score (nSPS) is 10.8. The molecule has 3 nitrogen and oxygen atoms in total. The molecule has 0 amide bonds. The van der Waals surface area contributed by atoms with Crippen LogP contribution in [0.25, 0.3) is 0 Å². The van der Waals surface area contributed by atoms with E-state index in [9.17, 15) is 4.79 Å². The lowest BCUT2D eigenvalue weighted by Gasteiger charge is -2.29. The summed E-state index contributed by atoms with van der Waals surface area (Å²) in [5, 5.41) is 9.13. The molecule has 1 N–H and O–H groups in total. The van der Waals surface area contributed by atoms with Gasteiger partial charge in [-0.25, -0.2) is 4.79 Å². The number of nitrogens with zero attached hydrogens (tertiary/aromatic N) is 1. The van der Waals surface area contributed by atoms with Crippen molar-refractivity contribution in [2.45, 2.75) is 46.1 Å². The van der Waals surface area contributed by atoms with Gasteiger partial charge in [0.05, 0.1) is 5.56 Å². The van der Waals surface area contributed by atoms with Crippen LogP contribution in [0, 0.1) is 0 Å². The zero-order chi connectivity index (χ0) is 14.4. The van der Waals surface area contributed by atoms with Crippen molar-refractivity contribution in [1.29, 1.82) is 0 Å². The van der Waals surface area contributed by atoms with Crippen LogP contribution in [0.5, 0.6) is 0 Å². The minimum absolute atomic E-state index is 0.325. The van der Waals surface area contributed by atoms with Crippen LogP contribution in [0.3, 0.4) is 0 Å². The van der Waals surface area contributed by atoms with Crippen molar-refractivity contribution in [3.05, 3.63) is 28.2 Å². The second-order valence-corrected chi connectivity index (χ2v) is 5.91. The van der Waals surface area contributed by atoms with Crippen molar-refractivity contribution < 1.29 is 9.90 Å². The number of hydrogen-bond acceptors (Lipinski definition) is 2. The highest BCUT2D eigenvalue weighted by Gasteiger charge is 2.13. The number of carboxylic acids is 1. The van der Waals surface area contributed by atoms with Crippen molar-refractivity contribution in [3.63, 3.8) is 0 Å². The molecule has 0 aliphatic heterocycles. The van der Waals surface area contributed by atoms with Gasteiger partial charge in [-0.2, -0.15) is 0 Å². The first-order valence-electron chi connectivity index (χ1n) is 6.76. The van der Waals surface area contributed by atoms with Crippen LogP contribution in [-0.2, 0) is 0 Å². The summed E-state index contributed by atoms with van der Waals surface area (Å²) in [7, 11) is 0. The highest BCUT2D eigenvalue weighted by Crippen LogP contribution is 2.25. The topological polar surface area (TPSA) is 40.5 Å². The Hall–Kier alpha value is -1.03. The molecular formula is C15H22BrNO2. The van der Waals surface area contributed by atoms with Crippen molar-refractivity contribution in [1.82, 2.24) is 0 Å². The number of benzene rings is 1. The number of unbranched alkanes of at least 4 members (excludes halogenated alkanes) is 2. The maximum atomic E-state index is 11.1. The Balaban J connectivity index is 2.98. The molecule has 0 spiro atoms. The minimum Gasteiger partial charge on any atom is -0.478 e. The fourth-order valence-electron chi connectivity index (χ4n) is 2.08. The number of rotatable bonds is 7. The van der Waals surface area contributed by atoms with Crippen LogP contribution in [-0.4, -0.2) is 23.7 Å². The van der Waals surface area contributed by atoms with Crippen molar-refractivity contribution in [2.24, 2.45) is 0 Å². The van der Waals surface area contributed by atoms with E-state index in [1.807, 2.05) is 6.07 Å². The molecule has 0 aliphatic rings. The predicted octanol–water partition coefficient (Wildman–Crippen LogP) is 4.55. The summed E-state index contributed by atoms with van der Waals surface area (Å²) in [6.07, 6.45) is 3.51. The summed E-state index contributed by atoms with van der Waals surface area (Å²) in [6.45, 7) is 7.41. The van der Waals surface area contributed by atoms with E-state index in [1.54, 1.807) is 12.1 Å². The van der Waals surface area contributed by atoms with Gasteiger partial charge in [-0.05, 0) is 38.5 Å². The van der Waals surface area contributed by atoms with Gasteiger partial charge in [0.2, 0.25) is 0 Å². The Morgan fingerprint density at radius 1 is 1.32 bits per heavy atom. The quantitative estimate of drug-likeness (QED) is 0.746. The summed E-state index contributed by atoms with van der Waals surface area (Å²) in [5.41, 5.74) is 1.29. The lowest BCUT2D eigenvalue weighted by molar-refractivity contribution is 0.0697. The van der Waals surface area contributed by atoms with Crippen LogP contribution < -0.4 is 4.90 Å².